The lowest BCUT2D eigenvalue weighted by molar-refractivity contribution is -0.384. The van der Waals surface area contributed by atoms with Crippen molar-refractivity contribution in [1.82, 2.24) is 5.16 Å². The third kappa shape index (κ3) is 6.32. The number of aromatic nitrogens is 1. The first-order valence-electron chi connectivity index (χ1n) is 11.6. The highest BCUT2D eigenvalue weighted by Gasteiger charge is 2.28. The molecule has 0 aliphatic carbocycles. The molecule has 0 aliphatic rings. The molecule has 41 heavy (non-hydrogen) atoms. The van der Waals surface area contributed by atoms with Gasteiger partial charge in [0.05, 0.1) is 10.6 Å². The number of hydrogen-bond donors (Lipinski definition) is 2. The predicted octanol–water partition coefficient (Wildman–Crippen LogP) is 6.16. The number of nitro benzene ring substituents is 1. The molecular formula is C25H21ClN4O9S2. The summed E-state index contributed by atoms with van der Waals surface area (Å²) in [6.07, 6.45) is -1.11. The molecule has 0 saturated carbocycles. The lowest BCUT2D eigenvalue weighted by Crippen LogP contribution is -2.20. The van der Waals surface area contributed by atoms with Crippen LogP contribution in [0.4, 0.5) is 22.1 Å². The van der Waals surface area contributed by atoms with Gasteiger partial charge in [-0.2, -0.15) is 0 Å². The van der Waals surface area contributed by atoms with Crippen molar-refractivity contribution < 1.29 is 36.9 Å². The van der Waals surface area contributed by atoms with Gasteiger partial charge >= 0.3 is 6.16 Å². The Bertz CT molecular complexity index is 1780. The van der Waals surface area contributed by atoms with Crippen molar-refractivity contribution in [3.05, 3.63) is 84.2 Å². The lowest BCUT2D eigenvalue weighted by Gasteiger charge is -2.17. The molecule has 0 unspecified atom stereocenters. The van der Waals surface area contributed by atoms with Gasteiger partial charge in [-0.1, -0.05) is 22.8 Å². The number of benzene rings is 2. The quantitative estimate of drug-likeness (QED) is 0.100. The largest absolute Gasteiger partial charge is 0.519 e. The van der Waals surface area contributed by atoms with Crippen molar-refractivity contribution in [2.75, 3.05) is 10.0 Å². The van der Waals surface area contributed by atoms with E-state index < -0.39 is 27.0 Å². The first kappa shape index (κ1) is 29.5. The minimum atomic E-state index is -4.28. The summed E-state index contributed by atoms with van der Waals surface area (Å²) in [4.78, 5) is 35.5. The van der Waals surface area contributed by atoms with E-state index in [0.29, 0.717) is 16.7 Å². The molecule has 0 saturated heterocycles. The Balaban J connectivity index is 1.55. The van der Waals surface area contributed by atoms with Gasteiger partial charge in [0.25, 0.3) is 27.5 Å². The SMILES string of the molecule is Cc1cc(C)c(OC(=O)Oc2ccc([N+](=O)[O-])cc2)c(C)c1NC(=O)c1sccc1S(=O)(=O)Nc1onc(C)c1Cl. The number of rotatable bonds is 8. The average Bonchev–Trinajstić information content (AvgIpc) is 3.53. The van der Waals surface area contributed by atoms with Gasteiger partial charge in [-0.25, -0.2) is 17.9 Å². The van der Waals surface area contributed by atoms with Gasteiger partial charge in [-0.05, 0) is 62.4 Å². The number of sulfonamides is 1. The highest BCUT2D eigenvalue weighted by molar-refractivity contribution is 7.93. The van der Waals surface area contributed by atoms with E-state index >= 15 is 0 Å². The number of anilines is 2. The van der Waals surface area contributed by atoms with Crippen LogP contribution in [0.15, 0.2) is 51.2 Å². The maximum atomic E-state index is 13.3. The molecule has 1 amide bonds. The highest BCUT2D eigenvalue weighted by Crippen LogP contribution is 2.35. The molecule has 0 aliphatic heterocycles. The highest BCUT2D eigenvalue weighted by atomic mass is 35.5. The number of nitro groups is 1. The first-order valence-corrected chi connectivity index (χ1v) is 14.3. The van der Waals surface area contributed by atoms with Gasteiger partial charge < -0.3 is 19.3 Å². The third-order valence-corrected chi connectivity index (χ3v) is 8.58. The summed E-state index contributed by atoms with van der Waals surface area (Å²) in [5, 5.41) is 18.5. The van der Waals surface area contributed by atoms with Crippen LogP contribution in [-0.4, -0.2) is 30.6 Å². The molecule has 13 nitrogen and oxygen atoms in total. The number of hydrogen-bond acceptors (Lipinski definition) is 11. The number of aryl methyl sites for hydroxylation is 3. The molecule has 16 heteroatoms. The first-order chi connectivity index (χ1) is 19.3. The summed E-state index contributed by atoms with van der Waals surface area (Å²) in [5.74, 6) is -0.878. The van der Waals surface area contributed by atoms with E-state index in [9.17, 15) is 28.1 Å². The topological polar surface area (TPSA) is 180 Å². The van der Waals surface area contributed by atoms with Crippen LogP contribution in [0.2, 0.25) is 5.02 Å². The number of ether oxygens (including phenoxy) is 2. The standard InChI is InChI=1S/C25H21ClN4O9S2/c1-12-11-13(2)21(38-25(32)37-17-7-5-16(6-8-17)30(33)34)14(3)20(12)27-23(31)22-18(9-10-40-22)41(35,36)29-24-19(26)15(4)28-39-24/h5-11,29H,1-4H3,(H,27,31). The smallest absolute Gasteiger partial charge is 0.395 e. The van der Waals surface area contributed by atoms with E-state index in [4.69, 9.17) is 25.6 Å². The summed E-state index contributed by atoms with van der Waals surface area (Å²) in [6.45, 7) is 6.54. The molecule has 2 heterocycles. The minimum Gasteiger partial charge on any atom is -0.395 e. The van der Waals surface area contributed by atoms with Crippen molar-refractivity contribution in [1.29, 1.82) is 0 Å². The monoisotopic (exact) mass is 620 g/mol. The zero-order valence-electron chi connectivity index (χ0n) is 21.8. The summed E-state index contributed by atoms with van der Waals surface area (Å²) < 4.78 is 43.7. The van der Waals surface area contributed by atoms with Gasteiger partial charge in [0.15, 0.2) is 0 Å². The van der Waals surface area contributed by atoms with Crippen LogP contribution < -0.4 is 19.5 Å². The van der Waals surface area contributed by atoms with Crippen LogP contribution in [0.1, 0.15) is 32.1 Å². The molecule has 4 rings (SSSR count). The normalized spacial score (nSPS) is 11.1. The van der Waals surface area contributed by atoms with Gasteiger partial charge in [-0.3, -0.25) is 14.9 Å². The molecule has 2 N–H and O–H groups in total. The zero-order chi connectivity index (χ0) is 30.1. The minimum absolute atomic E-state index is 0.0136. The maximum Gasteiger partial charge on any atom is 0.519 e. The van der Waals surface area contributed by atoms with Crippen LogP contribution >= 0.6 is 22.9 Å². The molecule has 0 atom stereocenters. The summed E-state index contributed by atoms with van der Waals surface area (Å²) in [7, 11) is -4.28. The van der Waals surface area contributed by atoms with Crippen LogP contribution in [0, 0.1) is 37.8 Å². The third-order valence-electron chi connectivity index (χ3n) is 5.72. The number of nitrogens with zero attached hydrogens (tertiary/aromatic N) is 2. The number of nitrogens with one attached hydrogen (secondary N) is 2. The molecule has 214 valence electrons. The van der Waals surface area contributed by atoms with Gasteiger partial charge in [0.2, 0.25) is 0 Å². The van der Waals surface area contributed by atoms with Crippen molar-refractivity contribution in [2.24, 2.45) is 0 Å². The molecule has 2 aromatic carbocycles. The van der Waals surface area contributed by atoms with Crippen LogP contribution in [0.3, 0.4) is 0 Å². The fourth-order valence-corrected chi connectivity index (χ4v) is 6.29. The Morgan fingerprint density at radius 2 is 1.76 bits per heavy atom. The number of thiophene rings is 1. The van der Waals surface area contributed by atoms with Crippen molar-refractivity contribution >= 4 is 62.3 Å². The van der Waals surface area contributed by atoms with E-state index in [1.165, 1.54) is 42.6 Å². The molecule has 0 spiro atoms. The van der Waals surface area contributed by atoms with E-state index in [0.717, 1.165) is 11.3 Å². The van der Waals surface area contributed by atoms with E-state index in [2.05, 4.69) is 15.2 Å². The molecule has 2 aromatic heterocycles. The zero-order valence-corrected chi connectivity index (χ0v) is 24.2. The fourth-order valence-electron chi connectivity index (χ4n) is 3.80. The summed E-state index contributed by atoms with van der Waals surface area (Å²) in [5.41, 5.74) is 1.95. The molecule has 0 fully saturated rings. The molecule has 0 radical (unpaired) electrons. The van der Waals surface area contributed by atoms with Crippen molar-refractivity contribution in [2.45, 2.75) is 32.6 Å². The van der Waals surface area contributed by atoms with E-state index in [-0.39, 0.29) is 49.2 Å². The maximum absolute atomic E-state index is 13.3. The second-order valence-electron chi connectivity index (χ2n) is 8.63. The van der Waals surface area contributed by atoms with Crippen LogP contribution in [0.25, 0.3) is 0 Å². The van der Waals surface area contributed by atoms with Crippen LogP contribution in [-0.2, 0) is 10.0 Å². The van der Waals surface area contributed by atoms with Crippen LogP contribution in [0.5, 0.6) is 11.5 Å². The summed E-state index contributed by atoms with van der Waals surface area (Å²) in [6, 6.07) is 7.77. The molecule has 0 bridgehead atoms. The second kappa shape index (κ2) is 11.6. The lowest BCUT2D eigenvalue weighted by atomic mass is 10.0. The van der Waals surface area contributed by atoms with Gasteiger partial charge in [-0.15, -0.1) is 11.3 Å². The number of amides is 1. The molecule has 4 aromatic rings. The molecular weight excluding hydrogens is 600 g/mol. The van der Waals surface area contributed by atoms with Crippen molar-refractivity contribution in [3.8, 4) is 11.5 Å². The van der Waals surface area contributed by atoms with Gasteiger partial charge in [0.1, 0.15) is 32.0 Å². The number of carbonyl (C=O) groups excluding carboxylic acids is 2. The number of halogens is 1. The Kier molecular flexibility index (Phi) is 8.32. The average molecular weight is 621 g/mol. The van der Waals surface area contributed by atoms with Crippen molar-refractivity contribution in [3.63, 3.8) is 0 Å². The van der Waals surface area contributed by atoms with E-state index in [1.807, 2.05) is 0 Å². The fraction of sp³-hybridized carbons (Fsp3) is 0.160. The Hall–Kier alpha value is -4.47. The summed E-state index contributed by atoms with van der Waals surface area (Å²) >= 11 is 6.92. The number of non-ortho nitro benzene ring substituents is 1. The Morgan fingerprint density at radius 1 is 1.07 bits per heavy atom. The Morgan fingerprint density at radius 3 is 2.37 bits per heavy atom. The van der Waals surface area contributed by atoms with E-state index in [1.54, 1.807) is 26.8 Å². The van der Waals surface area contributed by atoms with Gasteiger partial charge in [0, 0.05) is 17.7 Å². The predicted molar refractivity (Wildman–Crippen MR) is 150 cm³/mol. The second-order valence-corrected chi connectivity index (χ2v) is 11.6. The number of carbonyl (C=O) groups is 2. The Labute approximate surface area is 242 Å².